The molecule has 0 aromatic heterocycles. The van der Waals surface area contributed by atoms with E-state index in [-0.39, 0.29) is 0 Å². The fourth-order valence-corrected chi connectivity index (χ4v) is 2.50. The predicted molar refractivity (Wildman–Crippen MR) is 86.9 cm³/mol. The molecule has 0 unspecified atom stereocenters. The monoisotopic (exact) mass is 281 g/mol. The van der Waals surface area contributed by atoms with Gasteiger partial charge < -0.3 is 10.1 Å². The van der Waals surface area contributed by atoms with E-state index < -0.39 is 0 Å². The Kier molecular flexibility index (Phi) is 4.26. The van der Waals surface area contributed by atoms with Crippen LogP contribution in [-0.4, -0.2) is 6.04 Å². The van der Waals surface area contributed by atoms with E-state index in [1.165, 1.54) is 29.5 Å². The van der Waals surface area contributed by atoms with Crippen LogP contribution in [0.25, 0.3) is 0 Å². The van der Waals surface area contributed by atoms with E-state index >= 15 is 0 Å². The van der Waals surface area contributed by atoms with Gasteiger partial charge in [0.05, 0.1) is 0 Å². The van der Waals surface area contributed by atoms with Gasteiger partial charge in [-0.15, -0.1) is 0 Å². The molecular formula is C19H23NO. The molecule has 0 saturated heterocycles. The fraction of sp³-hybridized carbons (Fsp3) is 0.368. The average Bonchev–Trinajstić information content (AvgIpc) is 3.32. The SMILES string of the molecule is CCc1ccccc1Oc1ccc(CNC2CC2)cc1C. The van der Waals surface area contributed by atoms with Gasteiger partial charge in [-0.1, -0.05) is 37.3 Å². The summed E-state index contributed by atoms with van der Waals surface area (Å²) in [5, 5.41) is 3.55. The van der Waals surface area contributed by atoms with Crippen molar-refractivity contribution < 1.29 is 4.74 Å². The highest BCUT2D eigenvalue weighted by molar-refractivity contribution is 5.42. The van der Waals surface area contributed by atoms with Gasteiger partial charge in [-0.25, -0.2) is 0 Å². The highest BCUT2D eigenvalue weighted by Crippen LogP contribution is 2.29. The van der Waals surface area contributed by atoms with Crippen LogP contribution in [0.15, 0.2) is 42.5 Å². The Labute approximate surface area is 127 Å². The summed E-state index contributed by atoms with van der Waals surface area (Å²) in [5.74, 6) is 1.91. The predicted octanol–water partition coefficient (Wildman–Crippen LogP) is 4.60. The highest BCUT2D eigenvalue weighted by atomic mass is 16.5. The zero-order valence-corrected chi connectivity index (χ0v) is 12.9. The van der Waals surface area contributed by atoms with Crippen LogP contribution in [0.4, 0.5) is 0 Å². The van der Waals surface area contributed by atoms with Crippen molar-refractivity contribution in [2.75, 3.05) is 0 Å². The van der Waals surface area contributed by atoms with Gasteiger partial charge in [-0.2, -0.15) is 0 Å². The molecule has 1 fully saturated rings. The highest BCUT2D eigenvalue weighted by Gasteiger charge is 2.20. The molecule has 2 aromatic carbocycles. The number of ether oxygens (including phenoxy) is 1. The number of hydrogen-bond acceptors (Lipinski definition) is 2. The molecule has 0 aliphatic heterocycles. The Morgan fingerprint density at radius 3 is 2.62 bits per heavy atom. The fourth-order valence-electron chi connectivity index (χ4n) is 2.50. The zero-order chi connectivity index (χ0) is 14.7. The van der Waals surface area contributed by atoms with E-state index in [2.05, 4.69) is 49.5 Å². The maximum Gasteiger partial charge on any atom is 0.130 e. The first-order chi connectivity index (χ1) is 10.3. The molecule has 1 aliphatic carbocycles. The van der Waals surface area contributed by atoms with Crippen LogP contribution < -0.4 is 10.1 Å². The maximum atomic E-state index is 6.10. The smallest absolute Gasteiger partial charge is 0.130 e. The van der Waals surface area contributed by atoms with E-state index in [1.807, 2.05) is 12.1 Å². The summed E-state index contributed by atoms with van der Waals surface area (Å²) in [6.07, 6.45) is 3.64. The third-order valence-electron chi connectivity index (χ3n) is 3.98. The lowest BCUT2D eigenvalue weighted by atomic mass is 10.1. The number of aryl methyl sites for hydroxylation is 2. The maximum absolute atomic E-state index is 6.10. The molecule has 21 heavy (non-hydrogen) atoms. The Morgan fingerprint density at radius 2 is 1.90 bits per heavy atom. The first-order valence-corrected chi connectivity index (χ1v) is 7.85. The van der Waals surface area contributed by atoms with Crippen molar-refractivity contribution in [2.45, 2.75) is 45.7 Å². The van der Waals surface area contributed by atoms with Gasteiger partial charge in [0.15, 0.2) is 0 Å². The molecule has 1 N–H and O–H groups in total. The largest absolute Gasteiger partial charge is 0.457 e. The van der Waals surface area contributed by atoms with E-state index in [9.17, 15) is 0 Å². The second-order valence-corrected chi connectivity index (χ2v) is 5.82. The molecule has 2 nitrogen and oxygen atoms in total. The van der Waals surface area contributed by atoms with Crippen molar-refractivity contribution >= 4 is 0 Å². The van der Waals surface area contributed by atoms with Crippen LogP contribution >= 0.6 is 0 Å². The van der Waals surface area contributed by atoms with Gasteiger partial charge in [0.25, 0.3) is 0 Å². The topological polar surface area (TPSA) is 21.3 Å². The molecule has 0 amide bonds. The molecule has 110 valence electrons. The normalized spacial score (nSPS) is 14.2. The molecule has 0 heterocycles. The lowest BCUT2D eigenvalue weighted by Gasteiger charge is -2.13. The second kappa shape index (κ2) is 6.31. The molecule has 1 saturated carbocycles. The molecule has 0 spiro atoms. The van der Waals surface area contributed by atoms with Gasteiger partial charge in [-0.3, -0.25) is 0 Å². The first kappa shape index (κ1) is 14.2. The third kappa shape index (κ3) is 3.64. The summed E-state index contributed by atoms with van der Waals surface area (Å²) in [6, 6.07) is 15.5. The number of benzene rings is 2. The lowest BCUT2D eigenvalue weighted by Crippen LogP contribution is -2.15. The summed E-state index contributed by atoms with van der Waals surface area (Å²) in [4.78, 5) is 0. The molecule has 1 aliphatic rings. The number of para-hydroxylation sites is 1. The van der Waals surface area contributed by atoms with Crippen LogP contribution in [0.3, 0.4) is 0 Å². The molecule has 0 radical (unpaired) electrons. The van der Waals surface area contributed by atoms with Crippen LogP contribution in [0, 0.1) is 6.92 Å². The molecule has 0 atom stereocenters. The van der Waals surface area contributed by atoms with Crippen LogP contribution in [0.5, 0.6) is 11.5 Å². The second-order valence-electron chi connectivity index (χ2n) is 5.82. The number of hydrogen-bond donors (Lipinski definition) is 1. The minimum atomic E-state index is 0.748. The van der Waals surface area contributed by atoms with Crippen LogP contribution in [0.2, 0.25) is 0 Å². The van der Waals surface area contributed by atoms with E-state index in [1.54, 1.807) is 0 Å². The molecular weight excluding hydrogens is 258 g/mol. The minimum absolute atomic E-state index is 0.748. The summed E-state index contributed by atoms with van der Waals surface area (Å²) in [6.45, 7) is 5.23. The standard InChI is InChI=1S/C19H23NO/c1-3-16-6-4-5-7-19(16)21-18-11-8-15(12-14(18)2)13-20-17-9-10-17/h4-8,11-12,17,20H,3,9-10,13H2,1-2H3. The van der Waals surface area contributed by atoms with Crippen molar-refractivity contribution in [3.8, 4) is 11.5 Å². The Bertz CT molecular complexity index is 617. The van der Waals surface area contributed by atoms with Gasteiger partial charge in [0, 0.05) is 12.6 Å². The average molecular weight is 281 g/mol. The third-order valence-corrected chi connectivity index (χ3v) is 3.98. The quantitative estimate of drug-likeness (QED) is 0.835. The Hall–Kier alpha value is -1.80. The molecule has 2 heteroatoms. The summed E-state index contributed by atoms with van der Waals surface area (Å²) < 4.78 is 6.10. The van der Waals surface area contributed by atoms with Gasteiger partial charge in [0.1, 0.15) is 11.5 Å². The van der Waals surface area contributed by atoms with Crippen LogP contribution in [-0.2, 0) is 13.0 Å². The molecule has 3 rings (SSSR count). The summed E-state index contributed by atoms with van der Waals surface area (Å²) in [7, 11) is 0. The van der Waals surface area contributed by atoms with Gasteiger partial charge in [-0.05, 0) is 55.0 Å². The van der Waals surface area contributed by atoms with Crippen molar-refractivity contribution in [3.63, 3.8) is 0 Å². The van der Waals surface area contributed by atoms with E-state index in [4.69, 9.17) is 4.74 Å². The van der Waals surface area contributed by atoms with Crippen molar-refractivity contribution in [3.05, 3.63) is 59.2 Å². The molecule has 0 bridgehead atoms. The van der Waals surface area contributed by atoms with Crippen molar-refractivity contribution in [2.24, 2.45) is 0 Å². The zero-order valence-electron chi connectivity index (χ0n) is 12.9. The van der Waals surface area contributed by atoms with E-state index in [0.717, 1.165) is 30.5 Å². The van der Waals surface area contributed by atoms with Gasteiger partial charge in [0.2, 0.25) is 0 Å². The summed E-state index contributed by atoms with van der Waals surface area (Å²) >= 11 is 0. The number of nitrogens with one attached hydrogen (secondary N) is 1. The lowest BCUT2D eigenvalue weighted by molar-refractivity contribution is 0.473. The van der Waals surface area contributed by atoms with Gasteiger partial charge >= 0.3 is 0 Å². The Balaban J connectivity index is 1.72. The molecule has 2 aromatic rings. The van der Waals surface area contributed by atoms with Crippen molar-refractivity contribution in [1.82, 2.24) is 5.32 Å². The van der Waals surface area contributed by atoms with Crippen molar-refractivity contribution in [1.29, 1.82) is 0 Å². The van der Waals surface area contributed by atoms with E-state index in [0.29, 0.717) is 0 Å². The first-order valence-electron chi connectivity index (χ1n) is 7.85. The minimum Gasteiger partial charge on any atom is -0.457 e. The number of rotatable bonds is 6. The van der Waals surface area contributed by atoms with Crippen LogP contribution in [0.1, 0.15) is 36.5 Å². The Morgan fingerprint density at radius 1 is 1.10 bits per heavy atom. The summed E-state index contributed by atoms with van der Waals surface area (Å²) in [5.41, 5.74) is 3.77.